The standard InChI is InChI=1S/C21H22Cl2N2O2/c1-26-19-13-16-7-10-24-21(18(16)14-20(19)27-2)15-3-5-17(6-4-15)25(11-8-22)12-9-23/h3-7,10,13-14H,8-9,11-12H2,1-2H3. The van der Waals surface area contributed by atoms with Gasteiger partial charge in [-0.2, -0.15) is 0 Å². The van der Waals surface area contributed by atoms with E-state index in [0.29, 0.717) is 23.3 Å². The summed E-state index contributed by atoms with van der Waals surface area (Å²) >= 11 is 11.8. The van der Waals surface area contributed by atoms with E-state index in [0.717, 1.165) is 40.8 Å². The molecule has 0 spiro atoms. The molecule has 0 radical (unpaired) electrons. The van der Waals surface area contributed by atoms with Crippen LogP contribution in [0.25, 0.3) is 22.0 Å². The molecular weight excluding hydrogens is 383 g/mol. The van der Waals surface area contributed by atoms with E-state index in [2.05, 4.69) is 34.1 Å². The van der Waals surface area contributed by atoms with E-state index in [4.69, 9.17) is 32.7 Å². The van der Waals surface area contributed by atoms with Crippen molar-refractivity contribution in [2.75, 3.05) is 44.0 Å². The number of anilines is 1. The van der Waals surface area contributed by atoms with Crippen molar-refractivity contribution in [1.29, 1.82) is 0 Å². The molecule has 1 aromatic heterocycles. The van der Waals surface area contributed by atoms with E-state index in [9.17, 15) is 0 Å². The van der Waals surface area contributed by atoms with Crippen LogP contribution in [0, 0.1) is 0 Å². The van der Waals surface area contributed by atoms with Gasteiger partial charge in [0.1, 0.15) is 0 Å². The number of methoxy groups -OCH3 is 2. The summed E-state index contributed by atoms with van der Waals surface area (Å²) in [5.74, 6) is 2.51. The number of halogens is 2. The van der Waals surface area contributed by atoms with Crippen LogP contribution in [0.3, 0.4) is 0 Å². The molecule has 27 heavy (non-hydrogen) atoms. The highest BCUT2D eigenvalue weighted by atomic mass is 35.5. The van der Waals surface area contributed by atoms with Crippen LogP contribution < -0.4 is 14.4 Å². The minimum atomic E-state index is 0.561. The van der Waals surface area contributed by atoms with Crippen molar-refractivity contribution in [2.45, 2.75) is 0 Å². The van der Waals surface area contributed by atoms with Gasteiger partial charge in [0, 0.05) is 47.7 Å². The predicted molar refractivity (Wildman–Crippen MR) is 114 cm³/mol. The lowest BCUT2D eigenvalue weighted by Gasteiger charge is -2.23. The van der Waals surface area contributed by atoms with Crippen LogP contribution in [0.1, 0.15) is 0 Å². The second kappa shape index (κ2) is 9.16. The summed E-state index contributed by atoms with van der Waals surface area (Å²) in [5.41, 5.74) is 3.04. The van der Waals surface area contributed by atoms with Crippen molar-refractivity contribution in [2.24, 2.45) is 0 Å². The number of benzene rings is 2. The van der Waals surface area contributed by atoms with Gasteiger partial charge in [0.2, 0.25) is 0 Å². The number of pyridine rings is 1. The summed E-state index contributed by atoms with van der Waals surface area (Å²) in [7, 11) is 3.27. The second-order valence-corrected chi connectivity index (χ2v) is 6.76. The van der Waals surface area contributed by atoms with Crippen molar-refractivity contribution in [3.63, 3.8) is 0 Å². The van der Waals surface area contributed by atoms with Gasteiger partial charge in [-0.15, -0.1) is 23.2 Å². The highest BCUT2D eigenvalue weighted by Gasteiger charge is 2.12. The second-order valence-electron chi connectivity index (χ2n) is 6.00. The summed E-state index contributed by atoms with van der Waals surface area (Å²) in [6.45, 7) is 1.52. The molecule has 0 aliphatic carbocycles. The Kier molecular flexibility index (Phi) is 6.64. The third-order valence-corrected chi connectivity index (χ3v) is 4.82. The number of alkyl halides is 2. The average molecular weight is 405 g/mol. The first-order valence-electron chi connectivity index (χ1n) is 8.70. The first kappa shape index (κ1) is 19.6. The van der Waals surface area contributed by atoms with Gasteiger partial charge in [-0.25, -0.2) is 0 Å². The van der Waals surface area contributed by atoms with Gasteiger partial charge < -0.3 is 14.4 Å². The largest absolute Gasteiger partial charge is 0.493 e. The van der Waals surface area contributed by atoms with Crippen LogP contribution >= 0.6 is 23.2 Å². The number of nitrogens with zero attached hydrogens (tertiary/aromatic N) is 2. The molecule has 0 unspecified atom stereocenters. The molecule has 0 saturated carbocycles. The van der Waals surface area contributed by atoms with E-state index in [1.165, 1.54) is 0 Å². The SMILES string of the molecule is COc1cc2ccnc(-c3ccc(N(CCCl)CCCl)cc3)c2cc1OC. The average Bonchev–Trinajstić information content (AvgIpc) is 2.72. The molecule has 0 saturated heterocycles. The molecule has 0 aliphatic heterocycles. The minimum absolute atomic E-state index is 0.561. The molecule has 0 N–H and O–H groups in total. The Morgan fingerprint density at radius 1 is 0.889 bits per heavy atom. The molecule has 2 aromatic carbocycles. The van der Waals surface area contributed by atoms with E-state index in [1.54, 1.807) is 14.2 Å². The third-order valence-electron chi connectivity index (χ3n) is 4.48. The smallest absolute Gasteiger partial charge is 0.161 e. The van der Waals surface area contributed by atoms with Gasteiger partial charge >= 0.3 is 0 Å². The minimum Gasteiger partial charge on any atom is -0.493 e. The predicted octanol–water partition coefficient (Wildman–Crippen LogP) is 5.20. The molecule has 0 fully saturated rings. The molecule has 0 aliphatic rings. The number of hydrogen-bond donors (Lipinski definition) is 0. The van der Waals surface area contributed by atoms with Crippen molar-refractivity contribution in [3.8, 4) is 22.8 Å². The molecule has 142 valence electrons. The Hall–Kier alpha value is -2.17. The summed E-state index contributed by atoms with van der Waals surface area (Å²) in [5, 5.41) is 2.06. The topological polar surface area (TPSA) is 34.6 Å². The fraction of sp³-hybridized carbons (Fsp3) is 0.286. The van der Waals surface area contributed by atoms with Crippen molar-refractivity contribution >= 4 is 39.7 Å². The van der Waals surface area contributed by atoms with Gasteiger partial charge in [-0.3, -0.25) is 4.98 Å². The molecule has 3 rings (SSSR count). The van der Waals surface area contributed by atoms with Crippen LogP contribution in [0.5, 0.6) is 11.5 Å². The first-order chi connectivity index (χ1) is 13.2. The van der Waals surface area contributed by atoms with Crippen LogP contribution in [0.4, 0.5) is 5.69 Å². The van der Waals surface area contributed by atoms with E-state index >= 15 is 0 Å². The lowest BCUT2D eigenvalue weighted by atomic mass is 10.0. The lowest BCUT2D eigenvalue weighted by molar-refractivity contribution is 0.356. The zero-order chi connectivity index (χ0) is 19.2. The van der Waals surface area contributed by atoms with Gasteiger partial charge in [-0.1, -0.05) is 12.1 Å². The maximum atomic E-state index is 5.91. The zero-order valence-electron chi connectivity index (χ0n) is 15.4. The van der Waals surface area contributed by atoms with Crippen LogP contribution in [-0.2, 0) is 0 Å². The third kappa shape index (κ3) is 4.23. The van der Waals surface area contributed by atoms with E-state index in [-0.39, 0.29) is 0 Å². The summed E-state index contributed by atoms with van der Waals surface area (Å²) in [4.78, 5) is 6.78. The molecule has 6 heteroatoms. The number of aromatic nitrogens is 1. The Bertz CT molecular complexity index is 895. The number of fused-ring (bicyclic) bond motifs is 1. The number of rotatable bonds is 8. The van der Waals surface area contributed by atoms with E-state index in [1.807, 2.05) is 24.4 Å². The lowest BCUT2D eigenvalue weighted by Crippen LogP contribution is -2.27. The van der Waals surface area contributed by atoms with Gasteiger partial charge in [0.25, 0.3) is 0 Å². The van der Waals surface area contributed by atoms with Gasteiger partial charge in [0.15, 0.2) is 11.5 Å². The quantitative estimate of drug-likeness (QED) is 0.483. The molecule has 0 atom stereocenters. The van der Waals surface area contributed by atoms with Crippen LogP contribution in [0.2, 0.25) is 0 Å². The van der Waals surface area contributed by atoms with Crippen LogP contribution in [0.15, 0.2) is 48.7 Å². The van der Waals surface area contributed by atoms with Crippen molar-refractivity contribution in [3.05, 3.63) is 48.7 Å². The number of ether oxygens (including phenoxy) is 2. The summed E-state index contributed by atoms with van der Waals surface area (Å²) in [6, 6.07) is 14.2. The summed E-state index contributed by atoms with van der Waals surface area (Å²) < 4.78 is 10.9. The Balaban J connectivity index is 2.02. The van der Waals surface area contributed by atoms with Gasteiger partial charge in [0.05, 0.1) is 19.9 Å². The first-order valence-corrected chi connectivity index (χ1v) is 9.76. The van der Waals surface area contributed by atoms with Crippen LogP contribution in [-0.4, -0.2) is 44.1 Å². The van der Waals surface area contributed by atoms with E-state index < -0.39 is 0 Å². The fourth-order valence-electron chi connectivity index (χ4n) is 3.13. The fourth-order valence-corrected chi connectivity index (χ4v) is 3.54. The molecule has 4 nitrogen and oxygen atoms in total. The molecule has 0 amide bonds. The van der Waals surface area contributed by atoms with Gasteiger partial charge in [-0.05, 0) is 35.7 Å². The Morgan fingerprint density at radius 2 is 1.52 bits per heavy atom. The molecule has 3 aromatic rings. The highest BCUT2D eigenvalue weighted by Crippen LogP contribution is 2.36. The molecular formula is C21H22Cl2N2O2. The van der Waals surface area contributed by atoms with Crippen molar-refractivity contribution < 1.29 is 9.47 Å². The zero-order valence-corrected chi connectivity index (χ0v) is 16.9. The monoisotopic (exact) mass is 404 g/mol. The van der Waals surface area contributed by atoms with Crippen molar-refractivity contribution in [1.82, 2.24) is 4.98 Å². The number of hydrogen-bond acceptors (Lipinski definition) is 4. The maximum Gasteiger partial charge on any atom is 0.161 e. The molecule has 1 heterocycles. The summed E-state index contributed by atoms with van der Waals surface area (Å²) in [6.07, 6.45) is 1.81. The molecule has 0 bridgehead atoms. The maximum absolute atomic E-state index is 5.91. The Labute approximate surface area is 169 Å². The Morgan fingerprint density at radius 3 is 2.11 bits per heavy atom. The normalized spacial score (nSPS) is 10.8. The highest BCUT2D eigenvalue weighted by molar-refractivity contribution is 6.18.